The molecule has 2 aromatic carbocycles. The Labute approximate surface area is 303 Å². The van der Waals surface area contributed by atoms with Crippen LogP contribution in [0.3, 0.4) is 0 Å². The van der Waals surface area contributed by atoms with E-state index < -0.39 is 46.4 Å². The fourth-order valence-electron chi connectivity index (χ4n) is 6.84. The lowest BCUT2D eigenvalue weighted by Gasteiger charge is -2.22. The molecule has 1 saturated carbocycles. The Hall–Kier alpha value is -5.25. The molecule has 2 aliphatic rings. The van der Waals surface area contributed by atoms with E-state index in [0.29, 0.717) is 54.6 Å². The van der Waals surface area contributed by atoms with Crippen LogP contribution in [0, 0.1) is 0 Å². The molecule has 280 valence electrons. The first kappa shape index (κ1) is 36.1. The van der Waals surface area contributed by atoms with E-state index >= 15 is 0 Å². The molecule has 6 atom stereocenters. The largest absolute Gasteiger partial charge is 0.394 e. The quantitative estimate of drug-likeness (QED) is 0.0827. The molecule has 1 aliphatic carbocycles. The van der Waals surface area contributed by atoms with E-state index in [2.05, 4.69) is 31.1 Å². The van der Waals surface area contributed by atoms with Crippen LogP contribution in [0.1, 0.15) is 36.2 Å². The summed E-state index contributed by atoms with van der Waals surface area (Å²) in [4.78, 5) is 30.3. The van der Waals surface area contributed by atoms with Gasteiger partial charge < -0.3 is 45.8 Å². The number of primary sulfonamides is 1. The lowest BCUT2D eigenvalue weighted by molar-refractivity contribution is 0.00491. The number of fused-ring (bicyclic) bond motifs is 1. The summed E-state index contributed by atoms with van der Waals surface area (Å²) in [6, 6.07) is 12.7. The number of carbonyl (C=O) groups excluding carboxylic acids is 1. The van der Waals surface area contributed by atoms with Gasteiger partial charge in [-0.25, -0.2) is 23.3 Å². The van der Waals surface area contributed by atoms with Crippen molar-refractivity contribution in [1.82, 2.24) is 39.8 Å². The molecule has 0 unspecified atom stereocenters. The predicted molar refractivity (Wildman–Crippen MR) is 191 cm³/mol. The van der Waals surface area contributed by atoms with Crippen LogP contribution in [0.25, 0.3) is 11.2 Å². The van der Waals surface area contributed by atoms with Gasteiger partial charge >= 0.3 is 6.03 Å². The standard InChI is InChI=1S/C33H40N12O7S/c34-53(51,52)24-8-4-7-20(12-24)38-33(50)39-21-9-10-43(15-21)32-40-30(37-22(16-46)11-19-5-2-1-3-6-19)27-31(41-32)44(18-35-27)25-13-26(29(49)28(25)48)45-36-14-23(17-47)42-45/h1-8,12,14,18,21-22,25-26,28-29,46-49H,9-11,13,15-17H2,(H2,34,51,52)(H,37,40,41)(H2,38,39,50)/t21-,22+,25-,26+,28+,29-/m1/s1. The molecule has 0 bridgehead atoms. The molecule has 7 rings (SSSR count). The lowest BCUT2D eigenvalue weighted by atomic mass is 10.1. The van der Waals surface area contributed by atoms with Crippen molar-refractivity contribution in [3.05, 3.63) is 78.4 Å². The highest BCUT2D eigenvalue weighted by atomic mass is 32.2. The van der Waals surface area contributed by atoms with Gasteiger partial charge in [-0.05, 0) is 43.0 Å². The number of urea groups is 1. The minimum atomic E-state index is -3.95. The number of amides is 2. The molecule has 1 aliphatic heterocycles. The third kappa shape index (κ3) is 7.77. The Bertz CT molecular complexity index is 2180. The minimum absolute atomic E-state index is 0.130. The molecule has 53 heavy (non-hydrogen) atoms. The van der Waals surface area contributed by atoms with Crippen LogP contribution in [-0.2, 0) is 23.1 Å². The Morgan fingerprint density at radius 1 is 1.04 bits per heavy atom. The molecular formula is C33H40N12O7S. The minimum Gasteiger partial charge on any atom is -0.394 e. The number of aliphatic hydroxyl groups excluding tert-OH is 4. The molecule has 2 amide bonds. The Morgan fingerprint density at radius 2 is 1.83 bits per heavy atom. The normalized spacial score (nSPS) is 22.3. The van der Waals surface area contributed by atoms with Crippen molar-refractivity contribution in [2.75, 3.05) is 35.2 Å². The molecular weight excluding hydrogens is 709 g/mol. The first-order chi connectivity index (χ1) is 25.5. The number of nitrogens with two attached hydrogens (primary N) is 1. The van der Waals surface area contributed by atoms with Crippen LogP contribution in [0.5, 0.6) is 0 Å². The smallest absolute Gasteiger partial charge is 0.319 e. The van der Waals surface area contributed by atoms with Crippen molar-refractivity contribution < 1.29 is 33.6 Å². The van der Waals surface area contributed by atoms with Gasteiger partial charge in [0.1, 0.15) is 23.9 Å². The van der Waals surface area contributed by atoms with Crippen molar-refractivity contribution in [3.63, 3.8) is 0 Å². The van der Waals surface area contributed by atoms with Crippen LogP contribution < -0.4 is 26.0 Å². The Balaban J connectivity index is 1.15. The molecule has 20 heteroatoms. The Morgan fingerprint density at radius 3 is 2.57 bits per heavy atom. The van der Waals surface area contributed by atoms with E-state index in [1.54, 1.807) is 10.6 Å². The van der Waals surface area contributed by atoms with Crippen molar-refractivity contribution in [2.45, 2.75) is 67.1 Å². The number of nitrogens with zero attached hydrogens (tertiary/aromatic N) is 8. The zero-order chi connectivity index (χ0) is 37.3. The van der Waals surface area contributed by atoms with Gasteiger partial charge in [0.25, 0.3) is 0 Å². The number of hydrogen-bond donors (Lipinski definition) is 8. The molecule has 2 fully saturated rings. The molecule has 19 nitrogen and oxygen atoms in total. The number of anilines is 3. The predicted octanol–water partition coefficient (Wildman–Crippen LogP) is -0.119. The number of benzene rings is 2. The fourth-order valence-corrected chi connectivity index (χ4v) is 7.40. The number of sulfonamides is 1. The van der Waals surface area contributed by atoms with Gasteiger partial charge in [-0.2, -0.15) is 25.0 Å². The number of imidazole rings is 1. The van der Waals surface area contributed by atoms with Gasteiger partial charge in [0, 0.05) is 24.8 Å². The summed E-state index contributed by atoms with van der Waals surface area (Å²) in [6.45, 7) is 0.289. The number of nitrogens with one attached hydrogen (secondary N) is 3. The first-order valence-electron chi connectivity index (χ1n) is 17.0. The molecule has 1 saturated heterocycles. The zero-order valence-electron chi connectivity index (χ0n) is 28.3. The monoisotopic (exact) mass is 748 g/mol. The van der Waals surface area contributed by atoms with Gasteiger partial charge in [-0.1, -0.05) is 36.4 Å². The van der Waals surface area contributed by atoms with Crippen LogP contribution in [0.2, 0.25) is 0 Å². The van der Waals surface area contributed by atoms with Gasteiger partial charge in [0.05, 0.1) is 42.7 Å². The van der Waals surface area contributed by atoms with Crippen LogP contribution in [-0.4, -0.2) is 113 Å². The second-order valence-electron chi connectivity index (χ2n) is 13.2. The van der Waals surface area contributed by atoms with E-state index in [9.17, 15) is 33.6 Å². The van der Waals surface area contributed by atoms with E-state index in [1.165, 1.54) is 35.5 Å². The summed E-state index contributed by atoms with van der Waals surface area (Å²) < 4.78 is 25.2. The van der Waals surface area contributed by atoms with E-state index in [-0.39, 0.29) is 36.3 Å². The number of aromatic nitrogens is 7. The zero-order valence-corrected chi connectivity index (χ0v) is 29.2. The second kappa shape index (κ2) is 15.0. The summed E-state index contributed by atoms with van der Waals surface area (Å²) in [7, 11) is -3.95. The first-order valence-corrected chi connectivity index (χ1v) is 18.5. The molecule has 3 aromatic heterocycles. The number of carbonyl (C=O) groups is 1. The third-order valence-corrected chi connectivity index (χ3v) is 10.4. The number of hydrogen-bond acceptors (Lipinski definition) is 14. The van der Waals surface area contributed by atoms with Crippen molar-refractivity contribution in [3.8, 4) is 0 Å². The number of aliphatic hydroxyl groups is 4. The highest BCUT2D eigenvalue weighted by Crippen LogP contribution is 2.40. The third-order valence-electron chi connectivity index (χ3n) is 9.52. The topological polar surface area (TPSA) is 272 Å². The molecule has 0 spiro atoms. The molecule has 0 radical (unpaired) electrons. The van der Waals surface area contributed by atoms with Crippen LogP contribution >= 0.6 is 0 Å². The summed E-state index contributed by atoms with van der Waals surface area (Å²) in [5.41, 5.74) is 2.36. The average molecular weight is 749 g/mol. The second-order valence-corrected chi connectivity index (χ2v) is 14.7. The summed E-state index contributed by atoms with van der Waals surface area (Å²) in [5.74, 6) is 0.670. The fraction of sp³-hybridized carbons (Fsp3) is 0.394. The van der Waals surface area contributed by atoms with Gasteiger partial charge in [-0.3, -0.25) is 0 Å². The molecule has 5 aromatic rings. The van der Waals surface area contributed by atoms with Gasteiger partial charge in [0.2, 0.25) is 16.0 Å². The van der Waals surface area contributed by atoms with E-state index in [0.717, 1.165) is 5.56 Å². The maximum atomic E-state index is 12.9. The van der Waals surface area contributed by atoms with Gasteiger partial charge in [-0.15, -0.1) is 0 Å². The summed E-state index contributed by atoms with van der Waals surface area (Å²) >= 11 is 0. The Kier molecular flexibility index (Phi) is 10.2. The SMILES string of the molecule is NS(=O)(=O)c1cccc(NC(=O)N[C@@H]2CCN(c3nc(N[C@H](CO)Cc4ccccc4)c4ncn([C@@H]5C[C@H](n6ncc(CO)n6)[C@@H](O)[C@H]5O)c4n3)C2)c1. The summed E-state index contributed by atoms with van der Waals surface area (Å²) in [5, 5.41) is 64.7. The van der Waals surface area contributed by atoms with Crippen molar-refractivity contribution >= 4 is 44.7 Å². The maximum Gasteiger partial charge on any atom is 0.319 e. The highest BCUT2D eigenvalue weighted by molar-refractivity contribution is 7.89. The summed E-state index contributed by atoms with van der Waals surface area (Å²) in [6.07, 6.45) is 1.74. The average Bonchev–Trinajstić information content (AvgIpc) is 3.95. The van der Waals surface area contributed by atoms with E-state index in [1.807, 2.05) is 35.2 Å². The number of rotatable bonds is 12. The maximum absolute atomic E-state index is 12.9. The van der Waals surface area contributed by atoms with Crippen LogP contribution in [0.15, 0.2) is 72.0 Å². The van der Waals surface area contributed by atoms with Gasteiger partial charge in [0.15, 0.2) is 17.0 Å². The van der Waals surface area contributed by atoms with Crippen molar-refractivity contribution in [1.29, 1.82) is 0 Å². The van der Waals surface area contributed by atoms with Crippen LogP contribution in [0.4, 0.5) is 22.2 Å². The van der Waals surface area contributed by atoms with E-state index in [4.69, 9.17) is 15.1 Å². The molecule has 4 heterocycles. The molecule has 9 N–H and O–H groups in total. The highest BCUT2D eigenvalue weighted by Gasteiger charge is 2.45. The lowest BCUT2D eigenvalue weighted by Crippen LogP contribution is -2.40. The van der Waals surface area contributed by atoms with Crippen molar-refractivity contribution in [2.24, 2.45) is 5.14 Å².